The number of halogens is 1. The fourth-order valence-electron chi connectivity index (χ4n) is 3.61. The Balaban J connectivity index is 1.72. The van der Waals surface area contributed by atoms with Gasteiger partial charge in [0, 0.05) is 27.7 Å². The Morgan fingerprint density at radius 2 is 1.67 bits per heavy atom. The zero-order valence-corrected chi connectivity index (χ0v) is 20.4. The van der Waals surface area contributed by atoms with Gasteiger partial charge in [0.2, 0.25) is 5.75 Å². The predicted molar refractivity (Wildman–Crippen MR) is 131 cm³/mol. The molecule has 0 spiro atoms. The third kappa shape index (κ3) is 4.91. The number of nitrogens with one attached hydrogen (secondary N) is 1. The van der Waals surface area contributed by atoms with E-state index in [-0.39, 0.29) is 5.91 Å². The van der Waals surface area contributed by atoms with Gasteiger partial charge < -0.3 is 19.5 Å². The number of thioether (sulfide) groups is 1. The molecule has 9 heteroatoms. The summed E-state index contributed by atoms with van der Waals surface area (Å²) in [7, 11) is 0. The van der Waals surface area contributed by atoms with Crippen LogP contribution in [0.1, 0.15) is 42.4 Å². The van der Waals surface area contributed by atoms with Crippen molar-refractivity contribution in [1.82, 2.24) is 9.78 Å². The van der Waals surface area contributed by atoms with E-state index in [1.807, 2.05) is 32.9 Å². The van der Waals surface area contributed by atoms with E-state index >= 15 is 0 Å². The van der Waals surface area contributed by atoms with Gasteiger partial charge in [0.15, 0.2) is 11.5 Å². The minimum absolute atomic E-state index is 0.283. The van der Waals surface area contributed by atoms with E-state index in [1.54, 1.807) is 40.7 Å². The number of rotatable bonds is 9. The molecule has 0 radical (unpaired) electrons. The lowest BCUT2D eigenvalue weighted by Crippen LogP contribution is -2.17. The monoisotopic (exact) mass is 487 g/mol. The number of ether oxygens (including phenoxy) is 3. The van der Waals surface area contributed by atoms with Crippen molar-refractivity contribution < 1.29 is 19.0 Å². The molecule has 0 fully saturated rings. The molecular formula is C24H26ClN3O4S. The van der Waals surface area contributed by atoms with Crippen LogP contribution < -0.4 is 19.5 Å². The van der Waals surface area contributed by atoms with E-state index < -0.39 is 0 Å². The summed E-state index contributed by atoms with van der Waals surface area (Å²) in [4.78, 5) is 13.4. The fourth-order valence-corrected chi connectivity index (χ4v) is 4.77. The van der Waals surface area contributed by atoms with Crippen molar-refractivity contribution in [2.75, 3.05) is 25.1 Å². The zero-order valence-electron chi connectivity index (χ0n) is 18.8. The molecule has 0 aliphatic carbocycles. The molecule has 0 atom stereocenters. The average molecular weight is 488 g/mol. The number of carbonyl (C=O) groups excluding carboxylic acids is 1. The fraction of sp³-hybridized carbons (Fsp3) is 0.333. The number of fused-ring (bicyclic) bond motifs is 1. The van der Waals surface area contributed by atoms with Crippen LogP contribution >= 0.6 is 23.4 Å². The zero-order chi connectivity index (χ0) is 23.4. The predicted octanol–water partition coefficient (Wildman–Crippen LogP) is 5.72. The SMILES string of the molecule is CCOc1cc(C(=O)Nc2c3c(nn2-c2ccc(Cl)cc2)CSC3)cc(OCC)c1OCC. The first-order valence-corrected chi connectivity index (χ1v) is 12.4. The number of aromatic nitrogens is 2. The molecule has 0 bridgehead atoms. The lowest BCUT2D eigenvalue weighted by atomic mass is 10.1. The van der Waals surface area contributed by atoms with Gasteiger partial charge >= 0.3 is 0 Å². The van der Waals surface area contributed by atoms with Crippen LogP contribution in [0.3, 0.4) is 0 Å². The Morgan fingerprint density at radius 3 is 2.27 bits per heavy atom. The van der Waals surface area contributed by atoms with Gasteiger partial charge in [-0.05, 0) is 57.2 Å². The summed E-state index contributed by atoms with van der Waals surface area (Å²) in [5.74, 6) is 3.43. The van der Waals surface area contributed by atoms with Crippen LogP contribution in [0.4, 0.5) is 5.82 Å². The first-order valence-electron chi connectivity index (χ1n) is 10.9. The third-order valence-corrected chi connectivity index (χ3v) is 6.25. The molecular weight excluding hydrogens is 462 g/mol. The highest BCUT2D eigenvalue weighted by molar-refractivity contribution is 7.98. The Hall–Kier alpha value is -2.84. The second-order valence-electron chi connectivity index (χ2n) is 7.21. The summed E-state index contributed by atoms with van der Waals surface area (Å²) in [6, 6.07) is 10.7. The van der Waals surface area contributed by atoms with Crippen molar-refractivity contribution in [3.63, 3.8) is 0 Å². The van der Waals surface area contributed by atoms with Crippen molar-refractivity contribution in [1.29, 1.82) is 0 Å². The molecule has 2 heterocycles. The standard InChI is InChI=1S/C24H26ClN3O4S/c1-4-30-20-11-15(12-21(31-5-2)22(20)32-6-3)24(29)26-23-18-13-33-14-19(18)27-28(23)17-9-7-16(25)8-10-17/h7-12H,4-6,13-14H2,1-3H3,(H,26,29). The van der Waals surface area contributed by atoms with Crippen LogP contribution in [0.5, 0.6) is 17.2 Å². The molecule has 0 saturated carbocycles. The second-order valence-corrected chi connectivity index (χ2v) is 8.63. The highest BCUT2D eigenvalue weighted by Crippen LogP contribution is 2.40. The summed E-state index contributed by atoms with van der Waals surface area (Å²) in [6.07, 6.45) is 0. The Bertz CT molecular complexity index is 1120. The number of hydrogen-bond acceptors (Lipinski definition) is 6. The summed E-state index contributed by atoms with van der Waals surface area (Å²) in [5, 5.41) is 8.45. The molecule has 3 aromatic rings. The van der Waals surface area contributed by atoms with Gasteiger partial charge in [0.25, 0.3) is 5.91 Å². The van der Waals surface area contributed by atoms with Crippen molar-refractivity contribution in [3.8, 4) is 22.9 Å². The van der Waals surface area contributed by atoms with Crippen molar-refractivity contribution >= 4 is 35.1 Å². The van der Waals surface area contributed by atoms with E-state index in [4.69, 9.17) is 30.9 Å². The molecule has 0 saturated heterocycles. The molecule has 1 aliphatic heterocycles. The average Bonchev–Trinajstić information content (AvgIpc) is 3.39. The van der Waals surface area contributed by atoms with Gasteiger partial charge in [0.05, 0.1) is 31.2 Å². The smallest absolute Gasteiger partial charge is 0.257 e. The topological polar surface area (TPSA) is 74.6 Å². The molecule has 0 unspecified atom stereocenters. The van der Waals surface area contributed by atoms with Crippen LogP contribution in [0.25, 0.3) is 5.69 Å². The van der Waals surface area contributed by atoms with E-state index in [9.17, 15) is 4.79 Å². The first-order chi connectivity index (χ1) is 16.0. The molecule has 1 aromatic heterocycles. The van der Waals surface area contributed by atoms with Gasteiger partial charge in [0.1, 0.15) is 5.82 Å². The molecule has 1 aliphatic rings. The molecule has 1 N–H and O–H groups in total. The number of carbonyl (C=O) groups is 1. The molecule has 7 nitrogen and oxygen atoms in total. The Morgan fingerprint density at radius 1 is 1.03 bits per heavy atom. The maximum atomic E-state index is 13.4. The van der Waals surface area contributed by atoms with E-state index in [1.165, 1.54) is 0 Å². The molecule has 33 heavy (non-hydrogen) atoms. The van der Waals surface area contributed by atoms with Gasteiger partial charge in [-0.1, -0.05) is 11.6 Å². The van der Waals surface area contributed by atoms with Gasteiger partial charge in [-0.2, -0.15) is 16.9 Å². The van der Waals surface area contributed by atoms with Crippen LogP contribution in [0.2, 0.25) is 5.02 Å². The lowest BCUT2D eigenvalue weighted by molar-refractivity contribution is 0.102. The van der Waals surface area contributed by atoms with E-state index in [0.29, 0.717) is 53.5 Å². The van der Waals surface area contributed by atoms with Gasteiger partial charge in [-0.25, -0.2) is 4.68 Å². The van der Waals surface area contributed by atoms with Gasteiger partial charge in [-0.3, -0.25) is 4.79 Å². The van der Waals surface area contributed by atoms with Gasteiger partial charge in [-0.15, -0.1) is 0 Å². The third-order valence-electron chi connectivity index (χ3n) is 5.03. The van der Waals surface area contributed by atoms with E-state index in [0.717, 1.165) is 28.5 Å². The van der Waals surface area contributed by atoms with Crippen LogP contribution in [-0.4, -0.2) is 35.5 Å². The Kier molecular flexibility index (Phi) is 7.35. The number of anilines is 1. The first kappa shape index (κ1) is 23.3. The van der Waals surface area contributed by atoms with Crippen molar-refractivity contribution in [2.24, 2.45) is 0 Å². The summed E-state index contributed by atoms with van der Waals surface area (Å²) < 4.78 is 19.0. The normalized spacial score (nSPS) is 12.4. The summed E-state index contributed by atoms with van der Waals surface area (Å²) in [6.45, 7) is 6.98. The maximum Gasteiger partial charge on any atom is 0.257 e. The van der Waals surface area contributed by atoms with Crippen LogP contribution in [0, 0.1) is 0 Å². The summed E-state index contributed by atoms with van der Waals surface area (Å²) >= 11 is 7.83. The largest absolute Gasteiger partial charge is 0.490 e. The van der Waals surface area contributed by atoms with E-state index in [2.05, 4.69) is 5.32 Å². The minimum atomic E-state index is -0.283. The number of benzene rings is 2. The highest BCUT2D eigenvalue weighted by atomic mass is 35.5. The van der Waals surface area contributed by atoms with Crippen molar-refractivity contribution in [2.45, 2.75) is 32.3 Å². The number of amides is 1. The quantitative estimate of drug-likeness (QED) is 0.416. The maximum absolute atomic E-state index is 13.4. The molecule has 2 aromatic carbocycles. The van der Waals surface area contributed by atoms with Crippen LogP contribution in [0.15, 0.2) is 36.4 Å². The van der Waals surface area contributed by atoms with Crippen LogP contribution in [-0.2, 0) is 11.5 Å². The number of nitrogens with zero attached hydrogens (tertiary/aromatic N) is 2. The summed E-state index contributed by atoms with van der Waals surface area (Å²) in [5.41, 5.74) is 3.24. The molecule has 174 valence electrons. The molecule has 1 amide bonds. The molecule has 4 rings (SSSR count). The lowest BCUT2D eigenvalue weighted by Gasteiger charge is -2.17. The second kappa shape index (κ2) is 10.4. The minimum Gasteiger partial charge on any atom is -0.490 e. The highest BCUT2D eigenvalue weighted by Gasteiger charge is 2.26. The van der Waals surface area contributed by atoms with Crippen molar-refractivity contribution in [3.05, 3.63) is 58.2 Å². The number of hydrogen-bond donors (Lipinski definition) is 1. The Labute approximate surface area is 202 Å².